The first-order chi connectivity index (χ1) is 6.47. The van der Waals surface area contributed by atoms with E-state index in [1.54, 1.807) is 0 Å². The molecular weight excluding hydrogens is 203 g/mol. The summed E-state index contributed by atoms with van der Waals surface area (Å²) in [4.78, 5) is 12.8. The fraction of sp³-hybridized carbons (Fsp3) is 0.667. The molecule has 0 aliphatic rings. The van der Waals surface area contributed by atoms with Crippen LogP contribution in [0.4, 0.5) is 13.2 Å². The van der Waals surface area contributed by atoms with E-state index in [1.807, 2.05) is 0 Å². The van der Waals surface area contributed by atoms with Crippen LogP contribution in [0.1, 0.15) is 5.82 Å². The Morgan fingerprint density at radius 2 is 2.14 bits per heavy atom. The van der Waals surface area contributed by atoms with E-state index in [0.29, 0.717) is 0 Å². The number of hydrogen-bond donors (Lipinski definition) is 2. The number of nitrogens with one attached hydrogen (secondary N) is 2. The van der Waals surface area contributed by atoms with Crippen LogP contribution < -0.4 is 5.69 Å². The Kier molecular flexibility index (Phi) is 3.28. The first-order valence-corrected chi connectivity index (χ1v) is 3.75. The summed E-state index contributed by atoms with van der Waals surface area (Å²) >= 11 is 0. The average molecular weight is 211 g/mol. The van der Waals surface area contributed by atoms with Gasteiger partial charge in [0.05, 0.1) is 6.61 Å². The van der Waals surface area contributed by atoms with E-state index in [-0.39, 0.29) is 18.9 Å². The third-order valence-electron chi connectivity index (χ3n) is 1.30. The van der Waals surface area contributed by atoms with E-state index in [1.165, 1.54) is 0 Å². The maximum absolute atomic E-state index is 11.6. The summed E-state index contributed by atoms with van der Waals surface area (Å²) in [5.74, 6) is 0.275. The molecular formula is C6H8F3N3O2. The maximum Gasteiger partial charge on any atom is 0.411 e. The van der Waals surface area contributed by atoms with Crippen molar-refractivity contribution in [3.63, 3.8) is 0 Å². The van der Waals surface area contributed by atoms with Crippen molar-refractivity contribution < 1.29 is 17.9 Å². The first kappa shape index (κ1) is 10.8. The van der Waals surface area contributed by atoms with Crippen molar-refractivity contribution in [1.82, 2.24) is 15.2 Å². The van der Waals surface area contributed by atoms with Crippen LogP contribution in [-0.2, 0) is 11.2 Å². The molecule has 0 aliphatic carbocycles. The average Bonchev–Trinajstić information content (AvgIpc) is 2.44. The van der Waals surface area contributed by atoms with Crippen LogP contribution in [0.15, 0.2) is 4.79 Å². The summed E-state index contributed by atoms with van der Waals surface area (Å²) in [5, 5.41) is 5.58. The number of nitrogens with zero attached hydrogens (tertiary/aromatic N) is 1. The molecule has 0 saturated carbocycles. The zero-order chi connectivity index (χ0) is 10.6. The lowest BCUT2D eigenvalue weighted by atomic mass is 10.4. The highest BCUT2D eigenvalue weighted by molar-refractivity contribution is 4.79. The molecule has 1 rings (SSSR count). The SMILES string of the molecule is O=c1[nH]nc(CCOCC(F)(F)F)[nH]1. The molecule has 0 unspecified atom stereocenters. The van der Waals surface area contributed by atoms with Gasteiger partial charge in [-0.2, -0.15) is 18.3 Å². The Hall–Kier alpha value is -1.31. The summed E-state index contributed by atoms with van der Waals surface area (Å²) in [7, 11) is 0. The zero-order valence-electron chi connectivity index (χ0n) is 7.02. The third kappa shape index (κ3) is 4.08. The van der Waals surface area contributed by atoms with E-state index in [0.717, 1.165) is 0 Å². The largest absolute Gasteiger partial charge is 0.411 e. The van der Waals surface area contributed by atoms with E-state index < -0.39 is 18.5 Å². The van der Waals surface area contributed by atoms with E-state index >= 15 is 0 Å². The van der Waals surface area contributed by atoms with Crippen molar-refractivity contribution in [1.29, 1.82) is 0 Å². The minimum absolute atomic E-state index is 0.134. The molecule has 0 bridgehead atoms. The van der Waals surface area contributed by atoms with Gasteiger partial charge in [-0.05, 0) is 0 Å². The second kappa shape index (κ2) is 4.27. The molecule has 0 saturated heterocycles. The molecule has 8 heteroatoms. The van der Waals surface area contributed by atoms with Gasteiger partial charge in [-0.15, -0.1) is 0 Å². The highest BCUT2D eigenvalue weighted by Crippen LogP contribution is 2.14. The minimum atomic E-state index is -4.32. The van der Waals surface area contributed by atoms with Crippen LogP contribution in [0.3, 0.4) is 0 Å². The third-order valence-corrected chi connectivity index (χ3v) is 1.30. The molecule has 14 heavy (non-hydrogen) atoms. The van der Waals surface area contributed by atoms with Gasteiger partial charge in [-0.25, -0.2) is 9.89 Å². The quantitative estimate of drug-likeness (QED) is 0.700. The lowest BCUT2D eigenvalue weighted by molar-refractivity contribution is -0.173. The molecule has 2 N–H and O–H groups in total. The minimum Gasteiger partial charge on any atom is -0.372 e. The molecule has 0 radical (unpaired) electrons. The molecule has 0 aliphatic heterocycles. The monoisotopic (exact) mass is 211 g/mol. The number of H-pyrrole nitrogens is 2. The highest BCUT2D eigenvalue weighted by atomic mass is 19.4. The second-order valence-corrected chi connectivity index (χ2v) is 2.54. The van der Waals surface area contributed by atoms with Gasteiger partial charge in [-0.1, -0.05) is 0 Å². The van der Waals surface area contributed by atoms with Crippen molar-refractivity contribution in [2.75, 3.05) is 13.2 Å². The van der Waals surface area contributed by atoms with Crippen LogP contribution in [0.2, 0.25) is 0 Å². The van der Waals surface area contributed by atoms with Gasteiger partial charge in [0.1, 0.15) is 12.4 Å². The summed E-state index contributed by atoms with van der Waals surface area (Å²) < 4.78 is 39.1. The summed E-state index contributed by atoms with van der Waals surface area (Å²) in [6.07, 6.45) is -4.19. The summed E-state index contributed by atoms with van der Waals surface area (Å²) in [5.41, 5.74) is -0.490. The predicted octanol–water partition coefficient (Wildman–Crippen LogP) is 0.219. The Labute approximate surface area is 76.3 Å². The van der Waals surface area contributed by atoms with Crippen molar-refractivity contribution in [2.45, 2.75) is 12.6 Å². The van der Waals surface area contributed by atoms with Gasteiger partial charge >= 0.3 is 11.9 Å². The molecule has 5 nitrogen and oxygen atoms in total. The topological polar surface area (TPSA) is 70.8 Å². The van der Waals surface area contributed by atoms with Crippen LogP contribution in [-0.4, -0.2) is 34.6 Å². The lowest BCUT2D eigenvalue weighted by Crippen LogP contribution is -2.18. The number of aromatic amines is 2. The van der Waals surface area contributed by atoms with E-state index in [9.17, 15) is 18.0 Å². The molecule has 0 aromatic carbocycles. The molecule has 0 fully saturated rings. The van der Waals surface area contributed by atoms with Gasteiger partial charge in [0.15, 0.2) is 0 Å². The zero-order valence-corrected chi connectivity index (χ0v) is 7.02. The highest BCUT2D eigenvalue weighted by Gasteiger charge is 2.27. The molecule has 0 amide bonds. The number of rotatable bonds is 4. The van der Waals surface area contributed by atoms with Gasteiger partial charge in [0.2, 0.25) is 0 Å². The molecule has 0 spiro atoms. The second-order valence-electron chi connectivity index (χ2n) is 2.54. The summed E-state index contributed by atoms with van der Waals surface area (Å²) in [6, 6.07) is 0. The molecule has 1 heterocycles. The van der Waals surface area contributed by atoms with Crippen LogP contribution in [0.5, 0.6) is 0 Å². The Balaban J connectivity index is 2.19. The lowest BCUT2D eigenvalue weighted by Gasteiger charge is -2.05. The summed E-state index contributed by atoms with van der Waals surface area (Å²) in [6.45, 7) is -1.43. The Morgan fingerprint density at radius 1 is 1.43 bits per heavy atom. The Morgan fingerprint density at radius 3 is 2.64 bits per heavy atom. The molecule has 1 aromatic rings. The fourth-order valence-corrected chi connectivity index (χ4v) is 0.780. The fourth-order valence-electron chi connectivity index (χ4n) is 0.780. The smallest absolute Gasteiger partial charge is 0.372 e. The number of hydrogen-bond acceptors (Lipinski definition) is 3. The van der Waals surface area contributed by atoms with Crippen LogP contribution in [0.25, 0.3) is 0 Å². The predicted molar refractivity (Wildman–Crippen MR) is 39.8 cm³/mol. The van der Waals surface area contributed by atoms with Gasteiger partial charge in [0.25, 0.3) is 0 Å². The van der Waals surface area contributed by atoms with Crippen molar-refractivity contribution in [3.05, 3.63) is 16.3 Å². The van der Waals surface area contributed by atoms with Crippen molar-refractivity contribution in [3.8, 4) is 0 Å². The van der Waals surface area contributed by atoms with Crippen molar-refractivity contribution in [2.24, 2.45) is 0 Å². The molecule has 1 aromatic heterocycles. The first-order valence-electron chi connectivity index (χ1n) is 3.75. The van der Waals surface area contributed by atoms with Gasteiger partial charge in [0, 0.05) is 6.42 Å². The van der Waals surface area contributed by atoms with Crippen LogP contribution in [0, 0.1) is 0 Å². The molecule has 80 valence electrons. The van der Waals surface area contributed by atoms with Crippen LogP contribution >= 0.6 is 0 Å². The molecule has 0 atom stereocenters. The normalized spacial score (nSPS) is 11.9. The maximum atomic E-state index is 11.6. The van der Waals surface area contributed by atoms with Gasteiger partial charge < -0.3 is 4.74 Å². The number of alkyl halides is 3. The number of halogens is 3. The standard InChI is InChI=1S/C6H8F3N3O2/c7-6(8,9)3-14-2-1-4-10-5(13)12-11-4/h1-3H2,(H2,10,11,12,13). The number of aromatic nitrogens is 3. The Bertz CT molecular complexity index is 330. The number of ether oxygens (including phenoxy) is 1. The van der Waals surface area contributed by atoms with Gasteiger partial charge in [-0.3, -0.25) is 4.98 Å². The van der Waals surface area contributed by atoms with E-state index in [2.05, 4.69) is 19.9 Å². The van der Waals surface area contributed by atoms with Crippen molar-refractivity contribution >= 4 is 0 Å². The van der Waals surface area contributed by atoms with E-state index in [4.69, 9.17) is 0 Å².